The quantitative estimate of drug-likeness (QED) is 0.231. The maximum absolute atomic E-state index is 15.5. The summed E-state index contributed by atoms with van der Waals surface area (Å²) in [6.45, 7) is -5.07. The van der Waals surface area contributed by atoms with Crippen LogP contribution in [0, 0.1) is 0 Å². The molecule has 42 heavy (non-hydrogen) atoms. The Labute approximate surface area is 242 Å². The number of hydrogen-bond donors (Lipinski definition) is 2. The fourth-order valence-electron chi connectivity index (χ4n) is 4.20. The van der Waals surface area contributed by atoms with Crippen LogP contribution in [0.2, 0.25) is 0 Å². The molecule has 4 atom stereocenters. The molecule has 17 heteroatoms. The molecule has 0 aliphatic carbocycles. The third kappa shape index (κ3) is 5.68. The average molecular weight is 628 g/mol. The van der Waals surface area contributed by atoms with Crippen LogP contribution in [0.15, 0.2) is 61.2 Å². The van der Waals surface area contributed by atoms with Crippen molar-refractivity contribution < 1.29 is 46.1 Å². The number of halogens is 3. The molecule has 12 nitrogen and oxygen atoms in total. The van der Waals surface area contributed by atoms with E-state index in [2.05, 4.69) is 15.0 Å². The number of aromatic nitrogens is 4. The summed E-state index contributed by atoms with van der Waals surface area (Å²) in [7, 11) is 2.96. The highest BCUT2D eigenvalue weighted by Gasteiger charge is 2.62. The fraction of sp³-hybridized carbons (Fsp3) is 0.320. The number of nitrogens with two attached hydrogens (primary N) is 1. The van der Waals surface area contributed by atoms with Gasteiger partial charge < -0.3 is 34.1 Å². The van der Waals surface area contributed by atoms with E-state index in [1.165, 1.54) is 38.5 Å². The van der Waals surface area contributed by atoms with Crippen LogP contribution in [0.3, 0.4) is 0 Å². The van der Waals surface area contributed by atoms with Crippen molar-refractivity contribution >= 4 is 35.5 Å². The molecule has 2 unspecified atom stereocenters. The van der Waals surface area contributed by atoms with Gasteiger partial charge in [-0.1, -0.05) is 0 Å². The summed E-state index contributed by atoms with van der Waals surface area (Å²) in [5.74, 6) is 1.38. The van der Waals surface area contributed by atoms with Gasteiger partial charge in [0.1, 0.15) is 40.9 Å². The van der Waals surface area contributed by atoms with E-state index in [4.69, 9.17) is 45.3 Å². The number of aliphatic hydroxyl groups excluding tert-OH is 1. The molecule has 0 spiro atoms. The maximum atomic E-state index is 15.5. The zero-order chi connectivity index (χ0) is 30.1. The van der Waals surface area contributed by atoms with Crippen molar-refractivity contribution in [1.82, 2.24) is 19.5 Å². The Morgan fingerprint density at radius 3 is 2.07 bits per heavy atom. The molecule has 0 bridgehead atoms. The molecule has 3 heterocycles. The maximum Gasteiger partial charge on any atom is 0.435 e. The number of methoxy groups -OCH3 is 2. The average Bonchev–Trinajstić information content (AvgIpc) is 3.53. The first-order chi connectivity index (χ1) is 20.1. The van der Waals surface area contributed by atoms with E-state index in [-0.39, 0.29) is 28.5 Å². The number of aliphatic hydroxyl groups is 1. The van der Waals surface area contributed by atoms with Crippen molar-refractivity contribution in [1.29, 1.82) is 0 Å². The number of alkyl halides is 3. The molecule has 1 fully saturated rings. The number of ether oxygens (including phenoxy) is 3. The molecule has 4 aromatic rings. The van der Waals surface area contributed by atoms with Gasteiger partial charge in [-0.3, -0.25) is 9.09 Å². The normalized spacial score (nSPS) is 22.4. The van der Waals surface area contributed by atoms with E-state index in [1.54, 1.807) is 24.3 Å². The van der Waals surface area contributed by atoms with E-state index in [9.17, 15) is 13.9 Å². The number of anilines is 1. The number of nitrogens with zero attached hydrogens (tertiary/aromatic N) is 4. The van der Waals surface area contributed by atoms with Crippen molar-refractivity contribution in [3.8, 4) is 23.0 Å². The minimum Gasteiger partial charge on any atom is -0.497 e. The molecule has 1 aliphatic rings. The third-order valence-electron chi connectivity index (χ3n) is 6.45. The van der Waals surface area contributed by atoms with Gasteiger partial charge in [-0.15, -0.1) is 0 Å². The second-order valence-corrected chi connectivity index (χ2v) is 11.8. The summed E-state index contributed by atoms with van der Waals surface area (Å²) >= 11 is 5.57. The first-order valence-corrected chi connectivity index (χ1v) is 14.8. The number of rotatable bonds is 11. The Bertz CT molecular complexity index is 1530. The summed E-state index contributed by atoms with van der Waals surface area (Å²) in [6.07, 6.45) is -7.70. The van der Waals surface area contributed by atoms with Gasteiger partial charge in [0.25, 0.3) is 6.43 Å². The molecule has 0 saturated carbocycles. The zero-order valence-corrected chi connectivity index (χ0v) is 23.8. The SMILES string of the molecule is COc1ccc(OP(=S)(OC[C@@]2(C(F)F)O[C@@H](n3cnc4c(N)ncnc43)C(F)C2O)Oc2ccc(OC)cc2)cc1. The molecule has 3 N–H and O–H groups in total. The van der Waals surface area contributed by atoms with Gasteiger partial charge in [-0.05, 0) is 48.5 Å². The van der Waals surface area contributed by atoms with Gasteiger partial charge in [-0.2, -0.15) is 0 Å². The third-order valence-corrected chi connectivity index (χ3v) is 8.52. The van der Waals surface area contributed by atoms with Crippen molar-refractivity contribution in [2.24, 2.45) is 0 Å². The van der Waals surface area contributed by atoms with Crippen LogP contribution in [0.4, 0.5) is 19.0 Å². The first kappa shape index (κ1) is 29.8. The molecule has 1 saturated heterocycles. The summed E-state index contributed by atoms with van der Waals surface area (Å²) < 4.78 is 79.1. The van der Waals surface area contributed by atoms with Gasteiger partial charge in [0.05, 0.1) is 27.2 Å². The van der Waals surface area contributed by atoms with Gasteiger partial charge in [0, 0.05) is 11.8 Å². The van der Waals surface area contributed by atoms with Crippen molar-refractivity contribution in [2.75, 3.05) is 26.6 Å². The molecule has 224 valence electrons. The second kappa shape index (κ2) is 11.9. The summed E-state index contributed by atoms with van der Waals surface area (Å²) in [6, 6.07) is 12.4. The lowest BCUT2D eigenvalue weighted by Gasteiger charge is -2.32. The molecule has 0 amide bonds. The second-order valence-electron chi connectivity index (χ2n) is 8.99. The number of nitrogen functional groups attached to an aromatic ring is 1. The monoisotopic (exact) mass is 627 g/mol. The smallest absolute Gasteiger partial charge is 0.435 e. The van der Waals surface area contributed by atoms with E-state index < -0.39 is 43.9 Å². The highest BCUT2D eigenvalue weighted by atomic mass is 32.5. The highest BCUT2D eigenvalue weighted by Crippen LogP contribution is 2.53. The van der Waals surface area contributed by atoms with Crippen molar-refractivity contribution in [3.63, 3.8) is 0 Å². The Kier molecular flexibility index (Phi) is 8.44. The Hall–Kier alpha value is -3.69. The lowest BCUT2D eigenvalue weighted by molar-refractivity contribution is -0.191. The van der Waals surface area contributed by atoms with E-state index in [0.29, 0.717) is 11.5 Å². The first-order valence-electron chi connectivity index (χ1n) is 12.2. The fourth-order valence-corrected chi connectivity index (χ4v) is 6.13. The minimum absolute atomic E-state index is 0.0109. The predicted molar refractivity (Wildman–Crippen MR) is 147 cm³/mol. The lowest BCUT2D eigenvalue weighted by Crippen LogP contribution is -2.52. The topological polar surface area (TPSA) is 145 Å². The molecule has 5 rings (SSSR count). The van der Waals surface area contributed by atoms with Gasteiger partial charge in [-0.25, -0.2) is 28.1 Å². The summed E-state index contributed by atoms with van der Waals surface area (Å²) in [5.41, 5.74) is 3.03. The molecule has 2 aromatic heterocycles. The van der Waals surface area contributed by atoms with E-state index in [1.807, 2.05) is 0 Å². The van der Waals surface area contributed by atoms with Crippen LogP contribution >= 0.6 is 6.72 Å². The van der Waals surface area contributed by atoms with Gasteiger partial charge in [0.15, 0.2) is 29.5 Å². The Balaban J connectivity index is 1.44. The standard InChI is InChI=1S/C25H25F3N5O7PS/c1-35-14-3-7-16(8-4-14)39-41(42,40-17-9-5-15(36-2)6-10-17)37-11-25(24(27)28)20(34)18(26)23(38-25)33-13-32-19-21(29)30-12-31-22(19)33/h3-10,12-13,18,20,23-24,34H,11H2,1-2H3,(H2,29,30,31)/t18?,20?,23-,25-/m1/s1. The van der Waals surface area contributed by atoms with Crippen LogP contribution in [0.5, 0.6) is 23.0 Å². The lowest BCUT2D eigenvalue weighted by atomic mass is 9.97. The summed E-state index contributed by atoms with van der Waals surface area (Å²) in [5, 5.41) is 10.8. The van der Waals surface area contributed by atoms with E-state index in [0.717, 1.165) is 17.2 Å². The molecule has 2 aromatic carbocycles. The summed E-state index contributed by atoms with van der Waals surface area (Å²) in [4.78, 5) is 11.8. The van der Waals surface area contributed by atoms with Gasteiger partial charge >= 0.3 is 6.72 Å². The van der Waals surface area contributed by atoms with Crippen LogP contribution < -0.4 is 24.3 Å². The molecular weight excluding hydrogens is 602 g/mol. The van der Waals surface area contributed by atoms with Gasteiger partial charge in [0.2, 0.25) is 0 Å². The molecule has 1 aliphatic heterocycles. The van der Waals surface area contributed by atoms with Crippen molar-refractivity contribution in [3.05, 3.63) is 61.2 Å². The predicted octanol–water partition coefficient (Wildman–Crippen LogP) is 4.06. The van der Waals surface area contributed by atoms with Crippen LogP contribution in [-0.2, 0) is 21.1 Å². The zero-order valence-electron chi connectivity index (χ0n) is 22.0. The number of hydrogen-bond acceptors (Lipinski definition) is 12. The Morgan fingerprint density at radius 1 is 1.00 bits per heavy atom. The molecular formula is C25H25F3N5O7PS. The van der Waals surface area contributed by atoms with Crippen LogP contribution in [0.25, 0.3) is 11.2 Å². The van der Waals surface area contributed by atoms with Crippen molar-refractivity contribution in [2.45, 2.75) is 30.5 Å². The van der Waals surface area contributed by atoms with Crippen LogP contribution in [0.1, 0.15) is 6.23 Å². The Morgan fingerprint density at radius 2 is 1.55 bits per heavy atom. The number of benzene rings is 2. The van der Waals surface area contributed by atoms with Crippen LogP contribution in [-0.4, -0.2) is 69.8 Å². The minimum atomic E-state index is -3.97. The van der Waals surface area contributed by atoms with E-state index >= 15 is 4.39 Å². The molecule has 0 radical (unpaired) electrons. The largest absolute Gasteiger partial charge is 0.497 e. The number of fused-ring (bicyclic) bond motifs is 1. The number of imidazole rings is 1. The highest BCUT2D eigenvalue weighted by molar-refractivity contribution is 8.07.